The van der Waals surface area contributed by atoms with E-state index in [1.807, 2.05) is 20.8 Å². The van der Waals surface area contributed by atoms with Gasteiger partial charge in [0.1, 0.15) is 0 Å². The van der Waals surface area contributed by atoms with E-state index in [1.54, 1.807) is 0 Å². The number of rotatable bonds is 5. The summed E-state index contributed by atoms with van der Waals surface area (Å²) in [6.07, 6.45) is 1.32. The maximum atomic E-state index is 10.1. The molecule has 0 aromatic rings. The number of nitrogens with two attached hydrogens (primary N) is 1. The van der Waals surface area contributed by atoms with E-state index >= 15 is 0 Å². The Morgan fingerprint density at radius 1 is 1.45 bits per heavy atom. The summed E-state index contributed by atoms with van der Waals surface area (Å²) in [4.78, 5) is 10.1. The molecule has 0 saturated heterocycles. The molecule has 0 atom stereocenters. The number of ether oxygens (including phenoxy) is 1. The van der Waals surface area contributed by atoms with Crippen LogP contribution in [0.3, 0.4) is 0 Å². The van der Waals surface area contributed by atoms with Crippen molar-refractivity contribution in [2.75, 3.05) is 13.2 Å². The Kier molecular flexibility index (Phi) is 14.4. The van der Waals surface area contributed by atoms with Crippen LogP contribution in [-0.2, 0) is 9.53 Å². The summed E-state index contributed by atoms with van der Waals surface area (Å²) in [7, 11) is 0. The molecule has 0 bridgehead atoms. The smallest absolute Gasteiger partial charge is 0.219 e. The SMILES string of the molecule is CC.CCCOCCC(N)=O.[HH]. The zero-order chi connectivity index (χ0) is 9.11. The lowest BCUT2D eigenvalue weighted by atomic mass is 10.4. The minimum absolute atomic E-state index is 0. The molecule has 0 aliphatic carbocycles. The van der Waals surface area contributed by atoms with E-state index < -0.39 is 0 Å². The molecule has 70 valence electrons. The molecule has 0 radical (unpaired) electrons. The van der Waals surface area contributed by atoms with Crippen molar-refractivity contribution in [3.8, 4) is 0 Å². The first kappa shape index (κ1) is 13.1. The first-order chi connectivity index (χ1) is 5.27. The van der Waals surface area contributed by atoms with Gasteiger partial charge in [-0.1, -0.05) is 20.8 Å². The molecular formula is C8H21NO2. The van der Waals surface area contributed by atoms with Gasteiger partial charge in [-0.05, 0) is 6.42 Å². The maximum Gasteiger partial charge on any atom is 0.219 e. The van der Waals surface area contributed by atoms with Crippen LogP contribution < -0.4 is 5.73 Å². The summed E-state index contributed by atoms with van der Waals surface area (Å²) in [5, 5.41) is 0. The Hall–Kier alpha value is -0.570. The molecule has 0 saturated carbocycles. The van der Waals surface area contributed by atoms with Gasteiger partial charge in [-0.2, -0.15) is 0 Å². The van der Waals surface area contributed by atoms with Crippen LogP contribution in [0.25, 0.3) is 0 Å². The lowest BCUT2D eigenvalue weighted by Crippen LogP contribution is -2.13. The van der Waals surface area contributed by atoms with Crippen LogP contribution in [0.15, 0.2) is 0 Å². The fraction of sp³-hybridized carbons (Fsp3) is 0.875. The van der Waals surface area contributed by atoms with Crippen molar-refractivity contribution in [2.45, 2.75) is 33.6 Å². The normalized spacial score (nSPS) is 8.27. The number of carbonyl (C=O) groups excluding carboxylic acids is 1. The molecule has 0 rings (SSSR count). The van der Waals surface area contributed by atoms with Crippen LogP contribution in [0.5, 0.6) is 0 Å². The number of hydrogen-bond donors (Lipinski definition) is 1. The average molecular weight is 163 g/mol. The van der Waals surface area contributed by atoms with Crippen molar-refractivity contribution < 1.29 is 11.0 Å². The minimum atomic E-state index is -0.300. The number of amides is 1. The Balaban J connectivity index is -0.000000249. The van der Waals surface area contributed by atoms with Gasteiger partial charge in [-0.25, -0.2) is 0 Å². The highest BCUT2D eigenvalue weighted by molar-refractivity contribution is 5.73. The van der Waals surface area contributed by atoms with Crippen molar-refractivity contribution >= 4 is 5.91 Å². The van der Waals surface area contributed by atoms with E-state index in [9.17, 15) is 4.79 Å². The topological polar surface area (TPSA) is 52.3 Å². The van der Waals surface area contributed by atoms with Crippen molar-refractivity contribution in [2.24, 2.45) is 5.73 Å². The summed E-state index contributed by atoms with van der Waals surface area (Å²) in [6.45, 7) is 7.20. The first-order valence-corrected chi connectivity index (χ1v) is 4.13. The van der Waals surface area contributed by atoms with Crippen LogP contribution in [0.2, 0.25) is 0 Å². The summed E-state index contributed by atoms with van der Waals surface area (Å²) < 4.78 is 4.99. The van der Waals surface area contributed by atoms with Gasteiger partial charge in [0.05, 0.1) is 6.61 Å². The van der Waals surface area contributed by atoms with Gasteiger partial charge in [0.2, 0.25) is 5.91 Å². The maximum absolute atomic E-state index is 10.1. The lowest BCUT2D eigenvalue weighted by Gasteiger charge is -1.97. The fourth-order valence-corrected chi connectivity index (χ4v) is 0.419. The Morgan fingerprint density at radius 3 is 2.36 bits per heavy atom. The van der Waals surface area contributed by atoms with E-state index in [4.69, 9.17) is 10.5 Å². The van der Waals surface area contributed by atoms with Gasteiger partial charge in [0.25, 0.3) is 0 Å². The minimum Gasteiger partial charge on any atom is -0.381 e. The Bertz CT molecular complexity index is 89.1. The monoisotopic (exact) mass is 163 g/mol. The molecule has 0 aliphatic rings. The summed E-state index contributed by atoms with van der Waals surface area (Å²) in [5.74, 6) is -0.300. The van der Waals surface area contributed by atoms with Crippen molar-refractivity contribution in [3.05, 3.63) is 0 Å². The third kappa shape index (κ3) is 17.7. The van der Waals surface area contributed by atoms with E-state index in [2.05, 4.69) is 0 Å². The van der Waals surface area contributed by atoms with Crippen LogP contribution in [0.1, 0.15) is 35.0 Å². The predicted molar refractivity (Wildman–Crippen MR) is 48.4 cm³/mol. The molecule has 3 nitrogen and oxygen atoms in total. The van der Waals surface area contributed by atoms with Gasteiger partial charge in [0, 0.05) is 14.5 Å². The molecular weight excluding hydrogens is 142 g/mol. The molecule has 0 fully saturated rings. The molecule has 0 spiro atoms. The number of hydrogen-bond acceptors (Lipinski definition) is 2. The fourth-order valence-electron chi connectivity index (χ4n) is 0.419. The molecule has 3 heteroatoms. The van der Waals surface area contributed by atoms with Crippen LogP contribution in [0.4, 0.5) is 0 Å². The van der Waals surface area contributed by atoms with Crippen molar-refractivity contribution in [1.29, 1.82) is 0 Å². The van der Waals surface area contributed by atoms with Crippen LogP contribution >= 0.6 is 0 Å². The Morgan fingerprint density at radius 2 is 2.00 bits per heavy atom. The molecule has 0 heterocycles. The van der Waals surface area contributed by atoms with Crippen LogP contribution in [0, 0.1) is 0 Å². The average Bonchev–Trinajstić information content (AvgIpc) is 2.02. The Labute approximate surface area is 70.4 Å². The third-order valence-corrected chi connectivity index (χ3v) is 0.841. The molecule has 11 heavy (non-hydrogen) atoms. The zero-order valence-electron chi connectivity index (χ0n) is 7.72. The van der Waals surface area contributed by atoms with Gasteiger partial charge in [0.15, 0.2) is 0 Å². The summed E-state index contributed by atoms with van der Waals surface area (Å²) in [6, 6.07) is 0. The number of carbonyl (C=O) groups is 1. The lowest BCUT2D eigenvalue weighted by molar-refractivity contribution is -0.119. The molecule has 0 unspecified atom stereocenters. The van der Waals surface area contributed by atoms with Crippen molar-refractivity contribution in [1.82, 2.24) is 0 Å². The van der Waals surface area contributed by atoms with E-state index in [0.29, 0.717) is 19.6 Å². The first-order valence-electron chi connectivity index (χ1n) is 4.13. The van der Waals surface area contributed by atoms with Gasteiger partial charge < -0.3 is 10.5 Å². The predicted octanol–water partition coefficient (Wildman–Crippen LogP) is 1.56. The van der Waals surface area contributed by atoms with Crippen LogP contribution in [-0.4, -0.2) is 19.1 Å². The molecule has 0 aromatic heterocycles. The van der Waals surface area contributed by atoms with Gasteiger partial charge >= 0.3 is 0 Å². The molecule has 0 aliphatic heterocycles. The molecule has 0 aromatic carbocycles. The van der Waals surface area contributed by atoms with E-state index in [-0.39, 0.29) is 7.33 Å². The highest BCUT2D eigenvalue weighted by Crippen LogP contribution is 1.82. The standard InChI is InChI=1S/C6H13NO2.C2H6.H2/c1-2-4-9-5-3-6(7)8;1-2;/h2-5H2,1H3,(H2,7,8);1-2H3;1H. The highest BCUT2D eigenvalue weighted by atomic mass is 16.5. The molecule has 1 amide bonds. The molecule has 2 N–H and O–H groups in total. The summed E-state index contributed by atoms with van der Waals surface area (Å²) in [5.41, 5.74) is 4.86. The highest BCUT2D eigenvalue weighted by Gasteiger charge is 1.91. The van der Waals surface area contributed by atoms with E-state index in [0.717, 1.165) is 6.42 Å². The quantitative estimate of drug-likeness (QED) is 0.625. The largest absolute Gasteiger partial charge is 0.381 e. The van der Waals surface area contributed by atoms with E-state index in [1.165, 1.54) is 0 Å². The second kappa shape index (κ2) is 12.1. The van der Waals surface area contributed by atoms with Gasteiger partial charge in [-0.15, -0.1) is 0 Å². The number of primary amides is 1. The van der Waals surface area contributed by atoms with Gasteiger partial charge in [-0.3, -0.25) is 4.79 Å². The third-order valence-electron chi connectivity index (χ3n) is 0.841. The van der Waals surface area contributed by atoms with Crippen molar-refractivity contribution in [3.63, 3.8) is 0 Å². The summed E-state index contributed by atoms with van der Waals surface area (Å²) >= 11 is 0. The zero-order valence-corrected chi connectivity index (χ0v) is 7.72. The second-order valence-electron chi connectivity index (χ2n) is 1.83. The second-order valence-corrected chi connectivity index (χ2v) is 1.83.